The summed E-state index contributed by atoms with van der Waals surface area (Å²) in [5, 5.41) is 15.5. The van der Waals surface area contributed by atoms with Crippen molar-refractivity contribution in [1.29, 1.82) is 0 Å². The first-order chi connectivity index (χ1) is 18.2. The van der Waals surface area contributed by atoms with Gasteiger partial charge >= 0.3 is 5.97 Å². The SMILES string of the molecule is COC1=CC[C@@H]([C@@H](C)/C=C(C)/C=C/C=C/C(=O)N[C@H](C(=O)N/C=C\C[C@@H](O)CC=C(C)C)C(C)(C)C)OC1=O. The summed E-state index contributed by atoms with van der Waals surface area (Å²) < 4.78 is 10.4. The van der Waals surface area contributed by atoms with E-state index in [-0.39, 0.29) is 29.6 Å². The summed E-state index contributed by atoms with van der Waals surface area (Å²) in [6.07, 6.45) is 16.3. The van der Waals surface area contributed by atoms with Crippen molar-refractivity contribution in [3.05, 3.63) is 71.7 Å². The third-order valence-electron chi connectivity index (χ3n) is 6.01. The fourth-order valence-corrected chi connectivity index (χ4v) is 3.75. The Morgan fingerprint density at radius 1 is 1.18 bits per heavy atom. The maximum atomic E-state index is 12.8. The highest BCUT2D eigenvalue weighted by molar-refractivity contribution is 5.93. The molecule has 216 valence electrons. The molecule has 0 aromatic carbocycles. The van der Waals surface area contributed by atoms with E-state index in [0.29, 0.717) is 19.3 Å². The molecular formula is C31H46N2O6. The molecule has 1 heterocycles. The van der Waals surface area contributed by atoms with Crippen LogP contribution in [0.25, 0.3) is 0 Å². The minimum atomic E-state index is -0.757. The van der Waals surface area contributed by atoms with Crippen LogP contribution >= 0.6 is 0 Å². The molecule has 0 bridgehead atoms. The zero-order chi connectivity index (χ0) is 29.6. The van der Waals surface area contributed by atoms with Crippen molar-refractivity contribution in [2.75, 3.05) is 7.11 Å². The third-order valence-corrected chi connectivity index (χ3v) is 6.01. The minimum absolute atomic E-state index is 0.00118. The predicted octanol–water partition coefficient (Wildman–Crippen LogP) is 4.80. The van der Waals surface area contributed by atoms with Crippen LogP contribution in [-0.2, 0) is 23.9 Å². The first kappa shape index (κ1) is 33.6. The van der Waals surface area contributed by atoms with E-state index < -0.39 is 23.5 Å². The van der Waals surface area contributed by atoms with Crippen LogP contribution in [0.5, 0.6) is 0 Å². The molecule has 0 saturated heterocycles. The second-order valence-electron chi connectivity index (χ2n) is 11.1. The van der Waals surface area contributed by atoms with Gasteiger partial charge in [0.15, 0.2) is 5.76 Å². The van der Waals surface area contributed by atoms with Crippen LogP contribution in [0.1, 0.15) is 67.7 Å². The van der Waals surface area contributed by atoms with Crippen molar-refractivity contribution in [2.24, 2.45) is 11.3 Å². The van der Waals surface area contributed by atoms with Crippen LogP contribution in [0, 0.1) is 11.3 Å². The number of hydrogen-bond acceptors (Lipinski definition) is 6. The minimum Gasteiger partial charge on any atom is -0.490 e. The van der Waals surface area contributed by atoms with Crippen LogP contribution in [0.2, 0.25) is 0 Å². The zero-order valence-corrected chi connectivity index (χ0v) is 24.6. The molecular weight excluding hydrogens is 496 g/mol. The van der Waals surface area contributed by atoms with Crippen molar-refractivity contribution in [3.8, 4) is 0 Å². The molecule has 1 aliphatic heterocycles. The number of cyclic esters (lactones) is 1. The smallest absolute Gasteiger partial charge is 0.373 e. The molecule has 0 aromatic heterocycles. The van der Waals surface area contributed by atoms with E-state index in [2.05, 4.69) is 10.6 Å². The number of carbonyl (C=O) groups is 3. The Hall–Kier alpha value is -3.39. The molecule has 0 radical (unpaired) electrons. The fourth-order valence-electron chi connectivity index (χ4n) is 3.75. The van der Waals surface area contributed by atoms with Gasteiger partial charge in [0, 0.05) is 18.4 Å². The number of ether oxygens (including phenoxy) is 2. The van der Waals surface area contributed by atoms with Gasteiger partial charge in [-0.2, -0.15) is 0 Å². The molecule has 0 fully saturated rings. The number of aliphatic hydroxyl groups excluding tert-OH is 1. The van der Waals surface area contributed by atoms with Crippen LogP contribution in [0.3, 0.4) is 0 Å². The van der Waals surface area contributed by atoms with Gasteiger partial charge < -0.3 is 25.2 Å². The Morgan fingerprint density at radius 3 is 2.44 bits per heavy atom. The molecule has 4 atom stereocenters. The molecule has 3 N–H and O–H groups in total. The van der Waals surface area contributed by atoms with Gasteiger partial charge in [0.2, 0.25) is 11.8 Å². The summed E-state index contributed by atoms with van der Waals surface area (Å²) in [5.74, 6) is -0.945. The summed E-state index contributed by atoms with van der Waals surface area (Å²) >= 11 is 0. The average Bonchev–Trinajstić information content (AvgIpc) is 2.85. The highest BCUT2D eigenvalue weighted by Gasteiger charge is 2.32. The number of allylic oxidation sites excluding steroid dienone is 5. The van der Waals surface area contributed by atoms with E-state index in [0.717, 1.165) is 11.1 Å². The highest BCUT2D eigenvalue weighted by Crippen LogP contribution is 2.23. The molecule has 2 amide bonds. The van der Waals surface area contributed by atoms with Crippen molar-refractivity contribution in [3.63, 3.8) is 0 Å². The Morgan fingerprint density at radius 2 is 1.85 bits per heavy atom. The highest BCUT2D eigenvalue weighted by atomic mass is 16.6. The summed E-state index contributed by atoms with van der Waals surface area (Å²) in [4.78, 5) is 37.1. The van der Waals surface area contributed by atoms with Crippen LogP contribution in [0.15, 0.2) is 71.7 Å². The molecule has 8 nitrogen and oxygen atoms in total. The zero-order valence-electron chi connectivity index (χ0n) is 24.6. The molecule has 1 aliphatic rings. The van der Waals surface area contributed by atoms with Gasteiger partial charge in [-0.3, -0.25) is 9.59 Å². The summed E-state index contributed by atoms with van der Waals surface area (Å²) in [6, 6.07) is -0.757. The predicted molar refractivity (Wildman–Crippen MR) is 154 cm³/mol. The number of carbonyl (C=O) groups excluding carboxylic acids is 3. The normalized spacial score (nSPS) is 18.9. The standard InChI is InChI=1S/C31H46N2O6/c1-21(2)15-16-24(34)13-11-19-32-29(36)28(31(5,6)7)33-27(35)14-10-9-12-22(3)20-23(4)25-17-18-26(38-8)30(37)39-25/h9-12,14-15,18-20,23-25,28,34H,13,16-17H2,1-8H3,(H,32,36)(H,33,35)/b12-9+,14-10+,19-11-,22-20+/t23-,24+,25-,28+/m0/s1. The van der Waals surface area contributed by atoms with E-state index in [4.69, 9.17) is 9.47 Å². The second-order valence-corrected chi connectivity index (χ2v) is 11.1. The molecule has 8 heteroatoms. The Labute approximate surface area is 233 Å². The number of nitrogens with one attached hydrogen (secondary N) is 2. The van der Waals surface area contributed by atoms with Gasteiger partial charge in [-0.05, 0) is 51.3 Å². The first-order valence-corrected chi connectivity index (χ1v) is 13.3. The average molecular weight is 543 g/mol. The van der Waals surface area contributed by atoms with Crippen LogP contribution in [0.4, 0.5) is 0 Å². The third kappa shape index (κ3) is 13.3. The maximum absolute atomic E-state index is 12.8. The van der Waals surface area contributed by atoms with Gasteiger partial charge in [0.05, 0.1) is 13.2 Å². The lowest BCUT2D eigenvalue weighted by molar-refractivity contribution is -0.151. The van der Waals surface area contributed by atoms with E-state index >= 15 is 0 Å². The Kier molecular flexibility index (Phi) is 14.3. The second kappa shape index (κ2) is 16.5. The van der Waals surface area contributed by atoms with Crippen molar-refractivity contribution < 1.29 is 29.0 Å². The number of amides is 2. The Bertz CT molecular complexity index is 1020. The van der Waals surface area contributed by atoms with Crippen LogP contribution < -0.4 is 10.6 Å². The molecule has 0 saturated carbocycles. The number of aliphatic hydroxyl groups is 1. The van der Waals surface area contributed by atoms with Gasteiger partial charge in [0.25, 0.3) is 0 Å². The van der Waals surface area contributed by atoms with Gasteiger partial charge in [-0.1, -0.05) is 75.3 Å². The van der Waals surface area contributed by atoms with E-state index in [1.54, 1.807) is 24.3 Å². The lowest BCUT2D eigenvalue weighted by Gasteiger charge is -2.29. The molecule has 39 heavy (non-hydrogen) atoms. The van der Waals surface area contributed by atoms with Crippen molar-refractivity contribution in [2.45, 2.75) is 86.0 Å². The monoisotopic (exact) mass is 542 g/mol. The number of hydrogen-bond donors (Lipinski definition) is 3. The number of methoxy groups -OCH3 is 1. The van der Waals surface area contributed by atoms with E-state index in [1.165, 1.54) is 19.4 Å². The molecule has 0 unspecified atom stereocenters. The quantitative estimate of drug-likeness (QED) is 0.133. The molecule has 0 aromatic rings. The van der Waals surface area contributed by atoms with Gasteiger partial charge in [-0.15, -0.1) is 0 Å². The topological polar surface area (TPSA) is 114 Å². The van der Waals surface area contributed by atoms with Crippen LogP contribution in [-0.4, -0.2) is 48.2 Å². The lowest BCUT2D eigenvalue weighted by atomic mass is 9.86. The summed E-state index contributed by atoms with van der Waals surface area (Å²) in [5.41, 5.74) is 1.58. The van der Waals surface area contributed by atoms with E-state index in [1.807, 2.05) is 66.7 Å². The van der Waals surface area contributed by atoms with Crippen molar-refractivity contribution in [1.82, 2.24) is 10.6 Å². The maximum Gasteiger partial charge on any atom is 0.373 e. The fraction of sp³-hybridized carbons (Fsp3) is 0.516. The summed E-state index contributed by atoms with van der Waals surface area (Å²) in [6.45, 7) is 13.5. The Balaban J connectivity index is 2.64. The number of rotatable bonds is 13. The lowest BCUT2D eigenvalue weighted by Crippen LogP contribution is -2.52. The first-order valence-electron chi connectivity index (χ1n) is 13.3. The largest absolute Gasteiger partial charge is 0.490 e. The molecule has 1 rings (SSSR count). The van der Waals surface area contributed by atoms with Crippen molar-refractivity contribution >= 4 is 17.8 Å². The number of esters is 1. The summed E-state index contributed by atoms with van der Waals surface area (Å²) in [7, 11) is 1.44. The van der Waals surface area contributed by atoms with Gasteiger partial charge in [-0.25, -0.2) is 4.79 Å². The van der Waals surface area contributed by atoms with Gasteiger partial charge in [0.1, 0.15) is 12.1 Å². The molecule has 0 spiro atoms. The molecule has 0 aliphatic carbocycles. The van der Waals surface area contributed by atoms with E-state index in [9.17, 15) is 19.5 Å².